The van der Waals surface area contributed by atoms with Crippen LogP contribution in [0.4, 0.5) is 11.4 Å². The van der Waals surface area contributed by atoms with Crippen molar-refractivity contribution in [2.45, 2.75) is 89.9 Å². The maximum absolute atomic E-state index is 12.4. The number of carbonyl (C=O) groups excluding carboxylic acids is 2. The van der Waals surface area contributed by atoms with Crippen molar-refractivity contribution < 1.29 is 19.5 Å². The number of carbonyl (C=O) groups is 3. The van der Waals surface area contributed by atoms with E-state index in [0.717, 1.165) is 12.8 Å². The quantitative estimate of drug-likeness (QED) is 0.451. The highest BCUT2D eigenvalue weighted by Crippen LogP contribution is 2.29. The topological polar surface area (TPSA) is 95.5 Å². The summed E-state index contributed by atoms with van der Waals surface area (Å²) >= 11 is 0. The summed E-state index contributed by atoms with van der Waals surface area (Å²) in [6.07, 6.45) is 15.0. The number of benzene rings is 1. The standard InChI is InChI=1S/C25H36N2O4/c28-23(13-11-18-7-3-1-4-8-18)26-21-15-20(25(30)31)16-22(17-21)27-24(29)14-12-19-9-5-2-6-10-19/h15-19H,1-14H2,(H,26,28)(H,27,29)(H,30,31). The molecule has 6 nitrogen and oxygen atoms in total. The van der Waals surface area contributed by atoms with Gasteiger partial charge in [0.1, 0.15) is 0 Å². The minimum absolute atomic E-state index is 0.0488. The van der Waals surface area contributed by atoms with E-state index in [4.69, 9.17) is 0 Å². The van der Waals surface area contributed by atoms with Crippen LogP contribution in [0.2, 0.25) is 0 Å². The molecule has 0 aliphatic heterocycles. The van der Waals surface area contributed by atoms with Crippen LogP contribution in [0.15, 0.2) is 18.2 Å². The maximum Gasteiger partial charge on any atom is 0.335 e. The number of hydrogen-bond donors (Lipinski definition) is 3. The molecule has 0 unspecified atom stereocenters. The summed E-state index contributed by atoms with van der Waals surface area (Å²) in [5.41, 5.74) is 0.875. The number of nitrogens with one attached hydrogen (secondary N) is 2. The number of hydrogen-bond acceptors (Lipinski definition) is 3. The lowest BCUT2D eigenvalue weighted by molar-refractivity contribution is -0.117. The molecular weight excluding hydrogens is 392 g/mol. The molecule has 0 heterocycles. The van der Waals surface area contributed by atoms with Gasteiger partial charge in [-0.2, -0.15) is 0 Å². The molecule has 0 bridgehead atoms. The first-order chi connectivity index (χ1) is 15.0. The van der Waals surface area contributed by atoms with Crippen molar-refractivity contribution in [3.8, 4) is 0 Å². The van der Waals surface area contributed by atoms with E-state index >= 15 is 0 Å². The Morgan fingerprint density at radius 3 is 1.52 bits per heavy atom. The van der Waals surface area contributed by atoms with Crippen molar-refractivity contribution in [3.05, 3.63) is 23.8 Å². The summed E-state index contributed by atoms with van der Waals surface area (Å²) < 4.78 is 0. The fraction of sp³-hybridized carbons (Fsp3) is 0.640. The third-order valence-electron chi connectivity index (χ3n) is 6.76. The Hall–Kier alpha value is -2.37. The lowest BCUT2D eigenvalue weighted by atomic mass is 9.86. The summed E-state index contributed by atoms with van der Waals surface area (Å²) in [7, 11) is 0. The molecule has 0 atom stereocenters. The number of anilines is 2. The van der Waals surface area contributed by atoms with Gasteiger partial charge in [0.2, 0.25) is 11.8 Å². The zero-order valence-corrected chi connectivity index (χ0v) is 18.5. The molecule has 2 aliphatic carbocycles. The van der Waals surface area contributed by atoms with Gasteiger partial charge in [0.05, 0.1) is 5.56 Å². The first-order valence-electron chi connectivity index (χ1n) is 12.0. The van der Waals surface area contributed by atoms with Crippen LogP contribution in [0.1, 0.15) is 100 Å². The average molecular weight is 429 g/mol. The molecule has 3 N–H and O–H groups in total. The van der Waals surface area contributed by atoms with Crippen LogP contribution in [-0.2, 0) is 9.59 Å². The minimum Gasteiger partial charge on any atom is -0.478 e. The fourth-order valence-corrected chi connectivity index (χ4v) is 4.96. The van der Waals surface area contributed by atoms with Crippen molar-refractivity contribution in [2.24, 2.45) is 11.8 Å². The van der Waals surface area contributed by atoms with E-state index in [2.05, 4.69) is 10.6 Å². The Morgan fingerprint density at radius 1 is 0.710 bits per heavy atom. The van der Waals surface area contributed by atoms with E-state index in [1.54, 1.807) is 6.07 Å². The van der Waals surface area contributed by atoms with E-state index in [-0.39, 0.29) is 17.4 Å². The lowest BCUT2D eigenvalue weighted by Gasteiger charge is -2.21. The summed E-state index contributed by atoms with van der Waals surface area (Å²) in [5, 5.41) is 15.1. The van der Waals surface area contributed by atoms with Crippen LogP contribution in [0, 0.1) is 11.8 Å². The molecule has 3 rings (SSSR count). The third kappa shape index (κ3) is 8.00. The SMILES string of the molecule is O=C(CCC1CCCCC1)Nc1cc(NC(=O)CCC2CCCCC2)cc(C(=O)O)c1. The summed E-state index contributed by atoms with van der Waals surface area (Å²) in [6.45, 7) is 0. The van der Waals surface area contributed by atoms with Gasteiger partial charge in [-0.3, -0.25) is 9.59 Å². The van der Waals surface area contributed by atoms with Gasteiger partial charge in [0, 0.05) is 24.2 Å². The first kappa shape index (κ1) is 23.3. The van der Waals surface area contributed by atoms with Gasteiger partial charge >= 0.3 is 5.97 Å². The molecule has 0 aromatic heterocycles. The van der Waals surface area contributed by atoms with E-state index < -0.39 is 5.97 Å². The number of carboxylic acids is 1. The lowest BCUT2D eigenvalue weighted by Crippen LogP contribution is -2.17. The highest BCUT2D eigenvalue weighted by Gasteiger charge is 2.17. The Bertz CT molecular complexity index is 711. The molecule has 1 aromatic carbocycles. The van der Waals surface area contributed by atoms with Gasteiger partial charge in [-0.05, 0) is 42.9 Å². The monoisotopic (exact) mass is 428 g/mol. The van der Waals surface area contributed by atoms with Crippen LogP contribution < -0.4 is 10.6 Å². The van der Waals surface area contributed by atoms with E-state index in [0.29, 0.717) is 36.1 Å². The van der Waals surface area contributed by atoms with Gasteiger partial charge in [0.15, 0.2) is 0 Å². The number of aromatic carboxylic acids is 1. The normalized spacial score (nSPS) is 17.8. The highest BCUT2D eigenvalue weighted by atomic mass is 16.4. The van der Waals surface area contributed by atoms with Crippen molar-refractivity contribution in [2.75, 3.05) is 10.6 Å². The Balaban J connectivity index is 1.54. The highest BCUT2D eigenvalue weighted by molar-refractivity contribution is 5.98. The molecule has 2 fully saturated rings. The minimum atomic E-state index is -1.09. The van der Waals surface area contributed by atoms with Gasteiger partial charge in [-0.1, -0.05) is 64.2 Å². The van der Waals surface area contributed by atoms with Gasteiger partial charge in [-0.15, -0.1) is 0 Å². The third-order valence-corrected chi connectivity index (χ3v) is 6.76. The Morgan fingerprint density at radius 2 is 1.13 bits per heavy atom. The zero-order chi connectivity index (χ0) is 22.1. The predicted octanol–water partition coefficient (Wildman–Crippen LogP) is 5.98. The number of rotatable bonds is 9. The molecule has 0 radical (unpaired) electrons. The molecule has 31 heavy (non-hydrogen) atoms. The van der Waals surface area contributed by atoms with Crippen LogP contribution in [0.3, 0.4) is 0 Å². The average Bonchev–Trinajstić information content (AvgIpc) is 2.77. The fourth-order valence-electron chi connectivity index (χ4n) is 4.96. The van der Waals surface area contributed by atoms with Crippen LogP contribution >= 0.6 is 0 Å². The second-order valence-electron chi connectivity index (χ2n) is 9.29. The largest absolute Gasteiger partial charge is 0.478 e. The molecule has 0 saturated heterocycles. The van der Waals surface area contributed by atoms with Crippen LogP contribution in [0.25, 0.3) is 0 Å². The smallest absolute Gasteiger partial charge is 0.335 e. The molecular formula is C25H36N2O4. The summed E-state index contributed by atoms with van der Waals surface area (Å²) in [4.78, 5) is 36.3. The summed E-state index contributed by atoms with van der Waals surface area (Å²) in [5.74, 6) is -0.0749. The molecule has 2 amide bonds. The van der Waals surface area contributed by atoms with Crippen LogP contribution in [0.5, 0.6) is 0 Å². The van der Waals surface area contributed by atoms with E-state index in [1.165, 1.54) is 76.3 Å². The van der Waals surface area contributed by atoms with Gasteiger partial charge in [0.25, 0.3) is 0 Å². The van der Waals surface area contributed by atoms with E-state index in [1.807, 2.05) is 0 Å². The molecule has 170 valence electrons. The molecule has 0 spiro atoms. The van der Waals surface area contributed by atoms with Crippen molar-refractivity contribution in [3.63, 3.8) is 0 Å². The van der Waals surface area contributed by atoms with Crippen LogP contribution in [-0.4, -0.2) is 22.9 Å². The number of carboxylic acid groups (broad SMARTS) is 1. The molecule has 2 aliphatic rings. The van der Waals surface area contributed by atoms with Gasteiger partial charge in [-0.25, -0.2) is 4.79 Å². The second-order valence-corrected chi connectivity index (χ2v) is 9.29. The number of amides is 2. The zero-order valence-electron chi connectivity index (χ0n) is 18.5. The van der Waals surface area contributed by atoms with Crippen molar-refractivity contribution in [1.82, 2.24) is 0 Å². The predicted molar refractivity (Wildman–Crippen MR) is 122 cm³/mol. The first-order valence-corrected chi connectivity index (χ1v) is 12.0. The van der Waals surface area contributed by atoms with Crippen molar-refractivity contribution >= 4 is 29.2 Å². The Kier molecular flexibility index (Phi) is 8.92. The maximum atomic E-state index is 12.4. The van der Waals surface area contributed by atoms with E-state index in [9.17, 15) is 19.5 Å². The van der Waals surface area contributed by atoms with Gasteiger partial charge < -0.3 is 15.7 Å². The second kappa shape index (κ2) is 11.9. The Labute approximate surface area is 185 Å². The molecule has 6 heteroatoms. The molecule has 1 aromatic rings. The molecule has 2 saturated carbocycles. The van der Waals surface area contributed by atoms with Crippen molar-refractivity contribution in [1.29, 1.82) is 0 Å². The summed E-state index contributed by atoms with van der Waals surface area (Å²) in [6, 6.07) is 4.53.